The molecule has 0 radical (unpaired) electrons. The molecule has 94 valence electrons. The third-order valence-corrected chi connectivity index (χ3v) is 2.81. The molecule has 0 aromatic rings. The lowest BCUT2D eigenvalue weighted by atomic mass is 9.78. The fraction of sp³-hybridized carbons (Fsp3) is 0.833. The molecule has 0 spiro atoms. The highest BCUT2D eigenvalue weighted by Gasteiger charge is 2.28. The molecule has 0 aliphatic heterocycles. The summed E-state index contributed by atoms with van der Waals surface area (Å²) < 4.78 is 0. The van der Waals surface area contributed by atoms with Gasteiger partial charge in [-0.25, -0.2) is 0 Å². The molecule has 0 aliphatic rings. The lowest BCUT2D eigenvalue weighted by Gasteiger charge is -2.26. The number of carbonyl (C=O) groups excluding carboxylic acids is 1. The molecule has 0 heterocycles. The van der Waals surface area contributed by atoms with Crippen molar-refractivity contribution < 1.29 is 14.7 Å². The van der Waals surface area contributed by atoms with Crippen LogP contribution in [0.3, 0.4) is 0 Å². The molecule has 0 saturated carbocycles. The number of primary amides is 1. The highest BCUT2D eigenvalue weighted by atomic mass is 16.4. The highest BCUT2D eigenvalue weighted by Crippen LogP contribution is 2.32. The SMILES string of the molecule is CCCCCCC(C)(CC(N)=O)CC(=O)O. The number of carboxylic acid groups (broad SMARTS) is 1. The van der Waals surface area contributed by atoms with Gasteiger partial charge < -0.3 is 10.8 Å². The van der Waals surface area contributed by atoms with Crippen molar-refractivity contribution in [2.75, 3.05) is 0 Å². The van der Waals surface area contributed by atoms with Gasteiger partial charge in [0.1, 0.15) is 0 Å². The third-order valence-electron chi connectivity index (χ3n) is 2.81. The first-order chi connectivity index (χ1) is 7.39. The molecule has 0 bridgehead atoms. The summed E-state index contributed by atoms with van der Waals surface area (Å²) in [6.07, 6.45) is 5.27. The van der Waals surface area contributed by atoms with Crippen LogP contribution < -0.4 is 5.73 Å². The first-order valence-electron chi connectivity index (χ1n) is 5.90. The van der Waals surface area contributed by atoms with Gasteiger partial charge in [-0.3, -0.25) is 9.59 Å². The van der Waals surface area contributed by atoms with Crippen molar-refractivity contribution in [3.63, 3.8) is 0 Å². The first kappa shape index (κ1) is 14.9. The molecule has 4 nitrogen and oxygen atoms in total. The number of unbranched alkanes of at least 4 members (excludes halogenated alkanes) is 3. The van der Waals surface area contributed by atoms with E-state index in [1.54, 1.807) is 0 Å². The summed E-state index contributed by atoms with van der Waals surface area (Å²) in [5.41, 5.74) is 4.67. The molecule has 0 saturated heterocycles. The first-order valence-corrected chi connectivity index (χ1v) is 5.90. The Morgan fingerprint density at radius 1 is 1.19 bits per heavy atom. The van der Waals surface area contributed by atoms with E-state index >= 15 is 0 Å². The van der Waals surface area contributed by atoms with Crippen LogP contribution in [0.1, 0.15) is 58.8 Å². The molecule has 1 amide bonds. The Morgan fingerprint density at radius 3 is 2.25 bits per heavy atom. The fourth-order valence-corrected chi connectivity index (χ4v) is 2.00. The van der Waals surface area contributed by atoms with Crippen molar-refractivity contribution in [2.45, 2.75) is 58.8 Å². The third kappa shape index (κ3) is 7.26. The molecule has 1 atom stereocenters. The van der Waals surface area contributed by atoms with E-state index in [1.807, 2.05) is 6.92 Å². The molecule has 1 unspecified atom stereocenters. The Kier molecular flexibility index (Phi) is 6.77. The Hall–Kier alpha value is -1.06. The average molecular weight is 229 g/mol. The smallest absolute Gasteiger partial charge is 0.303 e. The summed E-state index contributed by atoms with van der Waals surface area (Å²) in [6, 6.07) is 0. The summed E-state index contributed by atoms with van der Waals surface area (Å²) in [4.78, 5) is 21.6. The quantitative estimate of drug-likeness (QED) is 0.595. The number of amides is 1. The Morgan fingerprint density at radius 2 is 1.81 bits per heavy atom. The predicted molar refractivity (Wildman–Crippen MR) is 62.9 cm³/mol. The van der Waals surface area contributed by atoms with Crippen molar-refractivity contribution in [1.82, 2.24) is 0 Å². The van der Waals surface area contributed by atoms with Gasteiger partial charge in [-0.15, -0.1) is 0 Å². The predicted octanol–water partition coefficient (Wildman–Crippen LogP) is 2.31. The standard InChI is InChI=1S/C12H23NO3/c1-3-4-5-6-7-12(2,8-10(13)14)9-11(15)16/h3-9H2,1-2H3,(H2,13,14)(H,15,16). The van der Waals surface area contributed by atoms with E-state index in [0.29, 0.717) is 0 Å². The molecule has 0 rings (SSSR count). The van der Waals surface area contributed by atoms with Crippen LogP contribution in [0.15, 0.2) is 0 Å². The van der Waals surface area contributed by atoms with Gasteiger partial charge in [0.15, 0.2) is 0 Å². The van der Waals surface area contributed by atoms with E-state index in [2.05, 4.69) is 6.92 Å². The van der Waals surface area contributed by atoms with Crippen LogP contribution in [0.5, 0.6) is 0 Å². The van der Waals surface area contributed by atoms with Crippen LogP contribution in [0.25, 0.3) is 0 Å². The van der Waals surface area contributed by atoms with Crippen molar-refractivity contribution >= 4 is 11.9 Å². The molecule has 0 aromatic heterocycles. The second-order valence-corrected chi connectivity index (χ2v) is 4.83. The number of carboxylic acids is 1. The number of rotatable bonds is 9. The zero-order valence-electron chi connectivity index (χ0n) is 10.3. The monoisotopic (exact) mass is 229 g/mol. The lowest BCUT2D eigenvalue weighted by molar-refractivity contribution is -0.140. The van der Waals surface area contributed by atoms with E-state index < -0.39 is 17.3 Å². The van der Waals surface area contributed by atoms with Crippen molar-refractivity contribution in [2.24, 2.45) is 11.1 Å². The van der Waals surface area contributed by atoms with E-state index in [4.69, 9.17) is 10.8 Å². The van der Waals surface area contributed by atoms with Gasteiger partial charge in [-0.05, 0) is 11.8 Å². The Labute approximate surface area is 97.2 Å². The molecule has 16 heavy (non-hydrogen) atoms. The molecular formula is C12H23NO3. The average Bonchev–Trinajstić information content (AvgIpc) is 2.09. The number of aliphatic carboxylic acids is 1. The van der Waals surface area contributed by atoms with E-state index in [0.717, 1.165) is 32.1 Å². The van der Waals surface area contributed by atoms with Gasteiger partial charge in [-0.1, -0.05) is 39.5 Å². The minimum atomic E-state index is -0.862. The summed E-state index contributed by atoms with van der Waals surface area (Å²) in [5, 5.41) is 8.81. The van der Waals surface area contributed by atoms with Gasteiger partial charge in [0.2, 0.25) is 5.91 Å². The maximum atomic E-state index is 10.9. The normalized spacial score (nSPS) is 14.4. The molecule has 0 aliphatic carbocycles. The molecule has 0 fully saturated rings. The molecule has 0 aromatic carbocycles. The minimum absolute atomic E-state index is 0.0159. The summed E-state index contributed by atoms with van der Waals surface area (Å²) in [7, 11) is 0. The van der Waals surface area contributed by atoms with Gasteiger partial charge >= 0.3 is 5.97 Å². The number of hydrogen-bond acceptors (Lipinski definition) is 2. The second kappa shape index (κ2) is 7.25. The Bertz CT molecular complexity index is 222. The van der Waals surface area contributed by atoms with Gasteiger partial charge in [0, 0.05) is 6.42 Å². The summed E-state index contributed by atoms with van der Waals surface area (Å²) >= 11 is 0. The zero-order chi connectivity index (χ0) is 12.6. The minimum Gasteiger partial charge on any atom is -0.481 e. The molecular weight excluding hydrogens is 206 g/mol. The van der Waals surface area contributed by atoms with Crippen molar-refractivity contribution in [3.8, 4) is 0 Å². The van der Waals surface area contributed by atoms with E-state index in [1.165, 1.54) is 0 Å². The topological polar surface area (TPSA) is 80.4 Å². The summed E-state index contributed by atoms with van der Waals surface area (Å²) in [6.45, 7) is 3.96. The zero-order valence-corrected chi connectivity index (χ0v) is 10.3. The van der Waals surface area contributed by atoms with Gasteiger partial charge in [0.25, 0.3) is 0 Å². The maximum absolute atomic E-state index is 10.9. The lowest BCUT2D eigenvalue weighted by Crippen LogP contribution is -2.28. The van der Waals surface area contributed by atoms with E-state index in [-0.39, 0.29) is 12.8 Å². The largest absolute Gasteiger partial charge is 0.481 e. The van der Waals surface area contributed by atoms with Crippen LogP contribution in [0, 0.1) is 5.41 Å². The van der Waals surface area contributed by atoms with Crippen LogP contribution in [-0.4, -0.2) is 17.0 Å². The maximum Gasteiger partial charge on any atom is 0.303 e. The van der Waals surface area contributed by atoms with Crippen LogP contribution in [-0.2, 0) is 9.59 Å². The number of hydrogen-bond donors (Lipinski definition) is 2. The van der Waals surface area contributed by atoms with Crippen molar-refractivity contribution in [1.29, 1.82) is 0 Å². The van der Waals surface area contributed by atoms with Gasteiger partial charge in [-0.2, -0.15) is 0 Å². The van der Waals surface area contributed by atoms with Crippen LogP contribution in [0.2, 0.25) is 0 Å². The summed E-state index contributed by atoms with van der Waals surface area (Å²) in [5.74, 6) is -1.28. The van der Waals surface area contributed by atoms with Crippen molar-refractivity contribution in [3.05, 3.63) is 0 Å². The number of nitrogens with two attached hydrogens (primary N) is 1. The highest BCUT2D eigenvalue weighted by molar-refractivity contribution is 5.76. The molecule has 3 N–H and O–H groups in total. The second-order valence-electron chi connectivity index (χ2n) is 4.83. The molecule has 4 heteroatoms. The number of carbonyl (C=O) groups is 2. The van der Waals surface area contributed by atoms with Crippen LogP contribution >= 0.6 is 0 Å². The van der Waals surface area contributed by atoms with Gasteiger partial charge in [0.05, 0.1) is 6.42 Å². The van der Waals surface area contributed by atoms with Crippen LogP contribution in [0.4, 0.5) is 0 Å². The van der Waals surface area contributed by atoms with E-state index in [9.17, 15) is 9.59 Å². The fourth-order valence-electron chi connectivity index (χ4n) is 2.00. The Balaban J connectivity index is 4.18.